The number of hydrogen-bond donors (Lipinski definition) is 2. The van der Waals surface area contributed by atoms with E-state index in [2.05, 4.69) is 32.6 Å². The van der Waals surface area contributed by atoms with Crippen molar-refractivity contribution >= 4 is 50.0 Å². The number of carbonyl (C=O) groups excluding carboxylic acids is 2. The van der Waals surface area contributed by atoms with Gasteiger partial charge in [-0.1, -0.05) is 35.9 Å². The van der Waals surface area contributed by atoms with Crippen LogP contribution in [-0.2, 0) is 4.74 Å². The van der Waals surface area contributed by atoms with Crippen molar-refractivity contribution in [3.8, 4) is 11.1 Å². The topological polar surface area (TPSA) is 67.4 Å². The smallest absolute Gasteiger partial charge is 0.341 e. The van der Waals surface area contributed by atoms with Crippen molar-refractivity contribution in [2.75, 3.05) is 17.7 Å². The van der Waals surface area contributed by atoms with E-state index in [0.29, 0.717) is 16.3 Å². The van der Waals surface area contributed by atoms with Gasteiger partial charge in [-0.15, -0.1) is 11.3 Å². The van der Waals surface area contributed by atoms with Crippen molar-refractivity contribution in [1.82, 2.24) is 0 Å². The average Bonchev–Trinajstić information content (AvgIpc) is 2.98. The molecule has 1 heterocycles. The monoisotopic (exact) mass is 472 g/mol. The summed E-state index contributed by atoms with van der Waals surface area (Å²) in [6, 6.07) is 12.9. The quantitative estimate of drug-likeness (QED) is 0.423. The molecule has 3 aromatic rings. The van der Waals surface area contributed by atoms with E-state index in [9.17, 15) is 9.59 Å². The Morgan fingerprint density at radius 1 is 1.03 bits per heavy atom. The number of urea groups is 1. The number of benzene rings is 2. The highest BCUT2D eigenvalue weighted by Crippen LogP contribution is 2.41. The van der Waals surface area contributed by atoms with E-state index >= 15 is 0 Å². The van der Waals surface area contributed by atoms with Gasteiger partial charge in [0.25, 0.3) is 0 Å². The van der Waals surface area contributed by atoms with Gasteiger partial charge >= 0.3 is 12.0 Å². The molecule has 0 fully saturated rings. The summed E-state index contributed by atoms with van der Waals surface area (Å²) >= 11 is 4.76. The molecule has 7 heteroatoms. The Kier molecular flexibility index (Phi) is 6.39. The van der Waals surface area contributed by atoms with Crippen LogP contribution in [0.25, 0.3) is 11.1 Å². The highest BCUT2D eigenvalue weighted by atomic mass is 79.9. The number of thiophene rings is 1. The minimum atomic E-state index is -0.486. The molecule has 3 rings (SSSR count). The zero-order valence-corrected chi connectivity index (χ0v) is 19.0. The number of para-hydroxylation sites is 1. The third-order valence-electron chi connectivity index (χ3n) is 4.47. The molecule has 2 N–H and O–H groups in total. The van der Waals surface area contributed by atoms with Crippen molar-refractivity contribution in [3.05, 3.63) is 68.5 Å². The number of carbonyl (C=O) groups is 2. The minimum Gasteiger partial charge on any atom is -0.465 e. The van der Waals surface area contributed by atoms with Gasteiger partial charge in [-0.3, -0.25) is 5.32 Å². The zero-order chi connectivity index (χ0) is 21.1. The molecular formula is C22H21BrN2O3S. The maximum atomic E-state index is 12.6. The fourth-order valence-electron chi connectivity index (χ4n) is 3.17. The summed E-state index contributed by atoms with van der Waals surface area (Å²) in [6.45, 7) is 5.97. The molecule has 0 atom stereocenters. The first kappa shape index (κ1) is 21.1. The molecule has 0 aliphatic carbocycles. The molecule has 150 valence electrons. The van der Waals surface area contributed by atoms with Crippen LogP contribution in [-0.4, -0.2) is 19.1 Å². The number of amides is 2. The second kappa shape index (κ2) is 8.80. The van der Waals surface area contributed by atoms with E-state index < -0.39 is 12.0 Å². The van der Waals surface area contributed by atoms with Gasteiger partial charge in [0, 0.05) is 14.9 Å². The summed E-state index contributed by atoms with van der Waals surface area (Å²) in [5.74, 6) is -0.486. The van der Waals surface area contributed by atoms with Crippen molar-refractivity contribution in [2.45, 2.75) is 20.8 Å². The SMILES string of the molecule is COC(=O)c1c(NC(=O)Nc2ccccc2Br)sc(C)c1-c1ccc(C)cc1C. The highest BCUT2D eigenvalue weighted by molar-refractivity contribution is 9.10. The summed E-state index contributed by atoms with van der Waals surface area (Å²) in [6.07, 6.45) is 0. The standard InChI is InChI=1S/C22H21BrN2O3S/c1-12-9-10-15(13(2)11-12)18-14(3)29-20(19(18)21(26)28-4)25-22(27)24-17-8-6-5-7-16(17)23/h5-11H,1-4H3,(H2,24,25,27). The molecule has 5 nitrogen and oxygen atoms in total. The van der Waals surface area contributed by atoms with Crippen molar-refractivity contribution in [1.29, 1.82) is 0 Å². The summed E-state index contributed by atoms with van der Waals surface area (Å²) in [7, 11) is 1.34. The number of aryl methyl sites for hydroxylation is 3. The van der Waals surface area contributed by atoms with E-state index in [4.69, 9.17) is 4.74 Å². The first-order valence-corrected chi connectivity index (χ1v) is 10.5. The fourth-order valence-corrected chi connectivity index (χ4v) is 4.60. The molecule has 0 spiro atoms. The Labute approximate surface area is 182 Å². The van der Waals surface area contributed by atoms with E-state index in [1.165, 1.54) is 18.4 Å². The molecule has 0 saturated heterocycles. The number of esters is 1. The maximum Gasteiger partial charge on any atom is 0.341 e. The van der Waals surface area contributed by atoms with Gasteiger partial charge in [-0.2, -0.15) is 0 Å². The largest absolute Gasteiger partial charge is 0.465 e. The van der Waals surface area contributed by atoms with Crippen LogP contribution in [0.1, 0.15) is 26.4 Å². The van der Waals surface area contributed by atoms with Crippen molar-refractivity contribution in [3.63, 3.8) is 0 Å². The van der Waals surface area contributed by atoms with E-state index in [-0.39, 0.29) is 0 Å². The van der Waals surface area contributed by atoms with E-state index in [1.54, 1.807) is 6.07 Å². The molecule has 0 radical (unpaired) electrons. The number of halogens is 1. The van der Waals surface area contributed by atoms with Gasteiger partial charge in [0.15, 0.2) is 0 Å². The van der Waals surface area contributed by atoms with Gasteiger partial charge in [-0.25, -0.2) is 9.59 Å². The molecular weight excluding hydrogens is 452 g/mol. The Hall–Kier alpha value is -2.64. The van der Waals surface area contributed by atoms with Gasteiger partial charge in [0.05, 0.1) is 12.8 Å². The zero-order valence-electron chi connectivity index (χ0n) is 16.6. The predicted molar refractivity (Wildman–Crippen MR) is 122 cm³/mol. The molecule has 2 aromatic carbocycles. The summed E-state index contributed by atoms with van der Waals surface area (Å²) < 4.78 is 5.79. The number of ether oxygens (including phenoxy) is 1. The fraction of sp³-hybridized carbons (Fsp3) is 0.182. The van der Waals surface area contributed by atoms with Crippen LogP contribution in [0, 0.1) is 20.8 Å². The lowest BCUT2D eigenvalue weighted by Crippen LogP contribution is -2.20. The summed E-state index contributed by atoms with van der Waals surface area (Å²) in [4.78, 5) is 26.1. The van der Waals surface area contributed by atoms with Crippen LogP contribution in [0.2, 0.25) is 0 Å². The molecule has 0 bridgehead atoms. The molecule has 0 saturated carbocycles. The Morgan fingerprint density at radius 3 is 2.41 bits per heavy atom. The minimum absolute atomic E-state index is 0.365. The number of hydrogen-bond acceptors (Lipinski definition) is 4. The van der Waals surface area contributed by atoms with Crippen LogP contribution in [0.15, 0.2) is 46.9 Å². The Balaban J connectivity index is 2.00. The number of anilines is 2. The maximum absolute atomic E-state index is 12.6. The van der Waals surface area contributed by atoms with Crippen molar-refractivity contribution in [2.24, 2.45) is 0 Å². The summed E-state index contributed by atoms with van der Waals surface area (Å²) in [5, 5.41) is 6.05. The third kappa shape index (κ3) is 4.52. The molecule has 1 aromatic heterocycles. The van der Waals surface area contributed by atoms with E-state index in [1.807, 2.05) is 51.1 Å². The molecule has 0 aliphatic heterocycles. The normalized spacial score (nSPS) is 10.5. The van der Waals surface area contributed by atoms with Gasteiger partial charge in [0.2, 0.25) is 0 Å². The van der Waals surface area contributed by atoms with Gasteiger partial charge < -0.3 is 10.1 Å². The Morgan fingerprint density at radius 2 is 1.76 bits per heavy atom. The van der Waals surface area contributed by atoms with Crippen LogP contribution >= 0.6 is 27.3 Å². The lowest BCUT2D eigenvalue weighted by Gasteiger charge is -2.11. The lowest BCUT2D eigenvalue weighted by atomic mass is 9.96. The first-order chi connectivity index (χ1) is 13.8. The van der Waals surface area contributed by atoms with Crippen LogP contribution in [0.5, 0.6) is 0 Å². The second-order valence-electron chi connectivity index (χ2n) is 6.61. The second-order valence-corrected chi connectivity index (χ2v) is 8.69. The van der Waals surface area contributed by atoms with Crippen molar-refractivity contribution < 1.29 is 14.3 Å². The molecule has 0 unspecified atom stereocenters. The average molecular weight is 473 g/mol. The Bertz CT molecular complexity index is 1090. The van der Waals surface area contributed by atoms with E-state index in [0.717, 1.165) is 31.6 Å². The lowest BCUT2D eigenvalue weighted by molar-refractivity contribution is 0.0603. The number of nitrogens with one attached hydrogen (secondary N) is 2. The third-order valence-corrected chi connectivity index (χ3v) is 6.19. The van der Waals surface area contributed by atoms with Crippen LogP contribution < -0.4 is 10.6 Å². The van der Waals surface area contributed by atoms with Crippen LogP contribution in [0.3, 0.4) is 0 Å². The van der Waals surface area contributed by atoms with Crippen LogP contribution in [0.4, 0.5) is 15.5 Å². The summed E-state index contributed by atoms with van der Waals surface area (Å²) in [5.41, 5.74) is 4.93. The first-order valence-electron chi connectivity index (χ1n) is 8.93. The number of methoxy groups -OCH3 is 1. The molecule has 2 amide bonds. The molecule has 0 aliphatic rings. The highest BCUT2D eigenvalue weighted by Gasteiger charge is 2.26. The number of rotatable bonds is 4. The van der Waals surface area contributed by atoms with Gasteiger partial charge in [0.1, 0.15) is 10.6 Å². The molecule has 29 heavy (non-hydrogen) atoms. The predicted octanol–water partition coefficient (Wildman–Crippen LogP) is 6.53. The van der Waals surface area contributed by atoms with Gasteiger partial charge in [-0.05, 0) is 60.0 Å².